The molecular formula is C11H14ClFN2O7S. The Labute approximate surface area is 136 Å². The number of nitrogens with zero attached hydrogens (tertiary/aromatic N) is 2. The van der Waals surface area contributed by atoms with Crippen LogP contribution in [0.15, 0.2) is 12.1 Å². The van der Waals surface area contributed by atoms with E-state index in [0.717, 1.165) is 19.2 Å². The molecule has 0 aliphatic carbocycles. The van der Waals surface area contributed by atoms with Crippen molar-refractivity contribution in [2.75, 3.05) is 26.3 Å². The molecule has 0 amide bonds. The monoisotopic (exact) mass is 372 g/mol. The van der Waals surface area contributed by atoms with Crippen molar-refractivity contribution in [2.24, 2.45) is 0 Å². The van der Waals surface area contributed by atoms with Crippen LogP contribution in [0.3, 0.4) is 0 Å². The third-order valence-electron chi connectivity index (χ3n) is 2.81. The standard InChI is InChI=1S/C11H12ClFN2O3.H2O4S/c12-9-6-10(13)11(15(16)17)5-8(9)7-14-1-3-18-4-2-14;1-5(2,3)4/h5-6H,1-4,7H2;(H2,1,2,3,4). The second-order valence-electron chi connectivity index (χ2n) is 4.49. The van der Waals surface area contributed by atoms with Crippen LogP contribution in [0.4, 0.5) is 10.1 Å². The first-order valence-corrected chi connectivity index (χ1v) is 7.97. The predicted octanol–water partition coefficient (Wildman–Crippen LogP) is 1.57. The highest BCUT2D eigenvalue weighted by Gasteiger charge is 2.19. The maximum atomic E-state index is 13.3. The number of hydrogen-bond acceptors (Lipinski definition) is 6. The molecule has 1 heterocycles. The fourth-order valence-corrected chi connectivity index (χ4v) is 2.05. The second-order valence-corrected chi connectivity index (χ2v) is 5.79. The van der Waals surface area contributed by atoms with Gasteiger partial charge in [0.05, 0.1) is 18.1 Å². The molecule has 1 aromatic rings. The van der Waals surface area contributed by atoms with Gasteiger partial charge in [0, 0.05) is 30.7 Å². The molecule has 12 heteroatoms. The van der Waals surface area contributed by atoms with Gasteiger partial charge in [-0.25, -0.2) is 0 Å². The average molecular weight is 373 g/mol. The van der Waals surface area contributed by atoms with Crippen LogP contribution >= 0.6 is 11.6 Å². The average Bonchev–Trinajstić information content (AvgIpc) is 2.40. The largest absolute Gasteiger partial charge is 0.394 e. The van der Waals surface area contributed by atoms with Crippen LogP contribution in [0.25, 0.3) is 0 Å². The van der Waals surface area contributed by atoms with Gasteiger partial charge in [-0.1, -0.05) is 11.6 Å². The summed E-state index contributed by atoms with van der Waals surface area (Å²) in [6.07, 6.45) is 0. The fourth-order valence-electron chi connectivity index (χ4n) is 1.84. The van der Waals surface area contributed by atoms with Crippen LogP contribution in [0.1, 0.15) is 5.56 Å². The molecule has 0 bridgehead atoms. The third kappa shape index (κ3) is 7.63. The zero-order chi connectivity index (χ0) is 17.6. The Kier molecular flexibility index (Phi) is 7.25. The Morgan fingerprint density at radius 2 is 1.87 bits per heavy atom. The molecule has 1 aliphatic heterocycles. The number of nitro groups is 1. The number of morpholine rings is 1. The van der Waals surface area contributed by atoms with Crippen molar-refractivity contribution in [3.8, 4) is 0 Å². The Balaban J connectivity index is 0.000000463. The minimum absolute atomic E-state index is 0.213. The lowest BCUT2D eigenvalue weighted by molar-refractivity contribution is -0.387. The smallest absolute Gasteiger partial charge is 0.379 e. The first-order chi connectivity index (χ1) is 10.6. The van der Waals surface area contributed by atoms with Crippen LogP contribution in [-0.4, -0.2) is 53.6 Å². The van der Waals surface area contributed by atoms with Gasteiger partial charge in [-0.05, 0) is 11.6 Å². The van der Waals surface area contributed by atoms with Crippen LogP contribution in [-0.2, 0) is 21.7 Å². The van der Waals surface area contributed by atoms with Crippen LogP contribution < -0.4 is 0 Å². The van der Waals surface area contributed by atoms with Crippen molar-refractivity contribution >= 4 is 27.7 Å². The van der Waals surface area contributed by atoms with Crippen LogP contribution in [0.2, 0.25) is 5.02 Å². The van der Waals surface area contributed by atoms with E-state index in [0.29, 0.717) is 25.3 Å². The Morgan fingerprint density at radius 3 is 2.35 bits per heavy atom. The van der Waals surface area contributed by atoms with E-state index in [9.17, 15) is 14.5 Å². The summed E-state index contributed by atoms with van der Waals surface area (Å²) < 4.78 is 50.1. The summed E-state index contributed by atoms with van der Waals surface area (Å²) in [4.78, 5) is 12.0. The van der Waals surface area contributed by atoms with E-state index in [-0.39, 0.29) is 5.02 Å². The van der Waals surface area contributed by atoms with Gasteiger partial charge in [0.25, 0.3) is 0 Å². The fraction of sp³-hybridized carbons (Fsp3) is 0.455. The zero-order valence-electron chi connectivity index (χ0n) is 11.7. The molecule has 1 aromatic carbocycles. The molecular weight excluding hydrogens is 359 g/mol. The van der Waals surface area contributed by atoms with E-state index < -0.39 is 26.8 Å². The second kappa shape index (κ2) is 8.47. The van der Waals surface area contributed by atoms with Gasteiger partial charge in [-0.2, -0.15) is 12.8 Å². The molecule has 23 heavy (non-hydrogen) atoms. The molecule has 0 aromatic heterocycles. The minimum atomic E-state index is -4.67. The van der Waals surface area contributed by atoms with Gasteiger partial charge in [0.1, 0.15) is 0 Å². The quantitative estimate of drug-likeness (QED) is 0.464. The molecule has 0 spiro atoms. The number of hydrogen-bond donors (Lipinski definition) is 2. The number of nitro benzene ring substituents is 1. The lowest BCUT2D eigenvalue weighted by Gasteiger charge is -2.26. The highest BCUT2D eigenvalue weighted by Crippen LogP contribution is 2.27. The highest BCUT2D eigenvalue weighted by molar-refractivity contribution is 7.79. The van der Waals surface area contributed by atoms with Crippen molar-refractivity contribution in [1.29, 1.82) is 0 Å². The maximum absolute atomic E-state index is 13.3. The van der Waals surface area contributed by atoms with Crippen molar-refractivity contribution in [3.05, 3.63) is 38.7 Å². The maximum Gasteiger partial charge on any atom is 0.394 e. The number of rotatable bonds is 3. The normalized spacial score (nSPS) is 15.7. The summed E-state index contributed by atoms with van der Waals surface area (Å²) >= 11 is 5.90. The topological polar surface area (TPSA) is 130 Å². The Bertz CT molecular complexity index is 657. The first kappa shape index (κ1) is 19.7. The summed E-state index contributed by atoms with van der Waals surface area (Å²) in [6, 6.07) is 2.20. The van der Waals surface area contributed by atoms with E-state index in [1.807, 2.05) is 0 Å². The van der Waals surface area contributed by atoms with Crippen molar-refractivity contribution in [1.82, 2.24) is 4.90 Å². The molecule has 130 valence electrons. The van der Waals surface area contributed by atoms with Gasteiger partial charge in [-0.15, -0.1) is 0 Å². The van der Waals surface area contributed by atoms with Gasteiger partial charge >= 0.3 is 16.1 Å². The SMILES string of the molecule is O=S(=O)(O)O.O=[N+]([O-])c1cc(CN2CCOCC2)c(Cl)cc1F. The molecule has 9 nitrogen and oxygen atoms in total. The summed E-state index contributed by atoms with van der Waals surface area (Å²) in [5, 5.41) is 10.9. The number of halogens is 2. The molecule has 1 fully saturated rings. The molecule has 0 saturated carbocycles. The zero-order valence-corrected chi connectivity index (χ0v) is 13.3. The molecule has 1 saturated heterocycles. The van der Waals surface area contributed by atoms with E-state index in [1.54, 1.807) is 0 Å². The first-order valence-electron chi connectivity index (χ1n) is 6.20. The molecule has 0 atom stereocenters. The van der Waals surface area contributed by atoms with E-state index in [2.05, 4.69) is 4.90 Å². The summed E-state index contributed by atoms with van der Waals surface area (Å²) in [5.41, 5.74) is 0.0225. The summed E-state index contributed by atoms with van der Waals surface area (Å²) in [6.45, 7) is 3.19. The summed E-state index contributed by atoms with van der Waals surface area (Å²) in [5.74, 6) is -0.907. The van der Waals surface area contributed by atoms with E-state index in [4.69, 9.17) is 33.9 Å². The Hall–Kier alpha value is -1.37. The molecule has 0 unspecified atom stereocenters. The van der Waals surface area contributed by atoms with Gasteiger partial charge in [-0.3, -0.25) is 24.1 Å². The van der Waals surface area contributed by atoms with E-state index >= 15 is 0 Å². The van der Waals surface area contributed by atoms with Crippen molar-refractivity contribution in [3.63, 3.8) is 0 Å². The van der Waals surface area contributed by atoms with Gasteiger partial charge in [0.15, 0.2) is 0 Å². The minimum Gasteiger partial charge on any atom is -0.379 e. The molecule has 2 N–H and O–H groups in total. The number of ether oxygens (including phenoxy) is 1. The summed E-state index contributed by atoms with van der Waals surface area (Å²) in [7, 11) is -4.67. The molecule has 0 radical (unpaired) electrons. The van der Waals surface area contributed by atoms with Gasteiger partial charge < -0.3 is 4.74 Å². The van der Waals surface area contributed by atoms with Crippen LogP contribution in [0.5, 0.6) is 0 Å². The third-order valence-corrected chi connectivity index (χ3v) is 3.16. The Morgan fingerprint density at radius 1 is 1.35 bits per heavy atom. The van der Waals surface area contributed by atoms with Crippen molar-refractivity contribution < 1.29 is 31.6 Å². The predicted molar refractivity (Wildman–Crippen MR) is 78.3 cm³/mol. The lowest BCUT2D eigenvalue weighted by atomic mass is 10.1. The highest BCUT2D eigenvalue weighted by atomic mass is 35.5. The lowest BCUT2D eigenvalue weighted by Crippen LogP contribution is -2.35. The van der Waals surface area contributed by atoms with Crippen molar-refractivity contribution in [2.45, 2.75) is 6.54 Å². The van der Waals surface area contributed by atoms with Crippen LogP contribution in [0, 0.1) is 15.9 Å². The molecule has 1 aliphatic rings. The molecule has 2 rings (SSSR count). The number of benzene rings is 1. The van der Waals surface area contributed by atoms with Gasteiger partial charge in [0.2, 0.25) is 5.82 Å². The van der Waals surface area contributed by atoms with E-state index in [1.165, 1.54) is 6.07 Å².